The molecule has 2 rings (SSSR count). The quantitative estimate of drug-likeness (QED) is 0.880. The molecule has 4 nitrogen and oxygen atoms in total. The van der Waals surface area contributed by atoms with Crippen LogP contribution in [0.25, 0.3) is 0 Å². The summed E-state index contributed by atoms with van der Waals surface area (Å²) in [5.74, 6) is 1.46. The molecule has 0 aliphatic heterocycles. The molecule has 2 aromatic rings. The number of nitrogens with one attached hydrogen (secondary N) is 1. The minimum absolute atomic E-state index is 0.116. The van der Waals surface area contributed by atoms with Crippen LogP contribution < -0.4 is 14.8 Å². The Bertz CT molecular complexity index is 682. The maximum Gasteiger partial charge on any atom is 0.251 e. The van der Waals surface area contributed by atoms with Crippen LogP contribution in [0.3, 0.4) is 0 Å². The summed E-state index contributed by atoms with van der Waals surface area (Å²) in [6.07, 6.45) is 0. The fourth-order valence-corrected chi connectivity index (χ4v) is 2.49. The standard InChI is InChI=1S/C19H23NO3/c1-5-23-17-11-10-15(12-13(17)2)19(21)20-14(3)16-8-6-7-9-18(16)22-4/h6-12,14H,5H2,1-4H3,(H,20,21). The number of carbonyl (C=O) groups excluding carboxylic acids is 1. The lowest BCUT2D eigenvalue weighted by atomic mass is 10.1. The summed E-state index contributed by atoms with van der Waals surface area (Å²) in [6.45, 7) is 6.43. The molecule has 0 spiro atoms. The topological polar surface area (TPSA) is 47.6 Å². The molecule has 1 atom stereocenters. The number of benzene rings is 2. The predicted octanol–water partition coefficient (Wildman–Crippen LogP) is 3.89. The molecule has 0 fully saturated rings. The van der Waals surface area contributed by atoms with Crippen molar-refractivity contribution in [3.63, 3.8) is 0 Å². The molecule has 0 aliphatic carbocycles. The third-order valence-corrected chi connectivity index (χ3v) is 3.69. The minimum Gasteiger partial charge on any atom is -0.496 e. The Morgan fingerprint density at radius 2 is 1.91 bits per heavy atom. The van der Waals surface area contributed by atoms with Crippen molar-refractivity contribution < 1.29 is 14.3 Å². The van der Waals surface area contributed by atoms with Gasteiger partial charge in [0.05, 0.1) is 19.8 Å². The van der Waals surface area contributed by atoms with Crippen LogP contribution in [0.4, 0.5) is 0 Å². The van der Waals surface area contributed by atoms with Gasteiger partial charge in [0.2, 0.25) is 0 Å². The highest BCUT2D eigenvalue weighted by atomic mass is 16.5. The zero-order valence-corrected chi connectivity index (χ0v) is 14.1. The second-order valence-corrected chi connectivity index (χ2v) is 5.35. The Kier molecular flexibility index (Phi) is 5.63. The Balaban J connectivity index is 2.13. The maximum atomic E-state index is 12.5. The number of carbonyl (C=O) groups is 1. The van der Waals surface area contributed by atoms with Crippen LogP contribution >= 0.6 is 0 Å². The average molecular weight is 313 g/mol. The largest absolute Gasteiger partial charge is 0.496 e. The zero-order chi connectivity index (χ0) is 16.8. The smallest absolute Gasteiger partial charge is 0.251 e. The SMILES string of the molecule is CCOc1ccc(C(=O)NC(C)c2ccccc2OC)cc1C. The number of aryl methyl sites for hydroxylation is 1. The lowest BCUT2D eigenvalue weighted by molar-refractivity contribution is 0.0939. The Morgan fingerprint density at radius 1 is 1.17 bits per heavy atom. The van der Waals surface area contributed by atoms with Gasteiger partial charge in [-0.2, -0.15) is 0 Å². The van der Waals surface area contributed by atoms with Crippen molar-refractivity contribution in [3.05, 3.63) is 59.2 Å². The van der Waals surface area contributed by atoms with Crippen molar-refractivity contribution in [2.24, 2.45) is 0 Å². The van der Waals surface area contributed by atoms with E-state index in [1.165, 1.54) is 0 Å². The molecule has 0 heterocycles. The summed E-state index contributed by atoms with van der Waals surface area (Å²) in [5, 5.41) is 3.01. The third kappa shape index (κ3) is 4.03. The molecule has 4 heteroatoms. The molecule has 2 aromatic carbocycles. The van der Waals surface area contributed by atoms with Gasteiger partial charge in [-0.05, 0) is 50.6 Å². The first-order valence-corrected chi connectivity index (χ1v) is 7.74. The van der Waals surface area contributed by atoms with Gasteiger partial charge in [-0.1, -0.05) is 18.2 Å². The van der Waals surface area contributed by atoms with E-state index in [0.29, 0.717) is 12.2 Å². The van der Waals surface area contributed by atoms with Gasteiger partial charge in [0, 0.05) is 11.1 Å². The van der Waals surface area contributed by atoms with Crippen LogP contribution in [0, 0.1) is 6.92 Å². The highest BCUT2D eigenvalue weighted by molar-refractivity contribution is 5.94. The number of rotatable bonds is 6. The van der Waals surface area contributed by atoms with Crippen molar-refractivity contribution >= 4 is 5.91 Å². The van der Waals surface area contributed by atoms with E-state index in [-0.39, 0.29) is 11.9 Å². The van der Waals surface area contributed by atoms with Crippen LogP contribution in [0.5, 0.6) is 11.5 Å². The molecule has 1 N–H and O–H groups in total. The zero-order valence-electron chi connectivity index (χ0n) is 14.1. The summed E-state index contributed by atoms with van der Waals surface area (Å²) >= 11 is 0. The number of methoxy groups -OCH3 is 1. The molecule has 0 bridgehead atoms. The first kappa shape index (κ1) is 16.9. The van der Waals surface area contributed by atoms with E-state index in [4.69, 9.17) is 9.47 Å². The van der Waals surface area contributed by atoms with Gasteiger partial charge in [-0.25, -0.2) is 0 Å². The molecule has 0 radical (unpaired) electrons. The molecule has 23 heavy (non-hydrogen) atoms. The average Bonchev–Trinajstić information content (AvgIpc) is 2.56. The summed E-state index contributed by atoms with van der Waals surface area (Å²) in [6, 6.07) is 13.0. The molecule has 0 aliphatic rings. The Hall–Kier alpha value is -2.49. The first-order chi connectivity index (χ1) is 11.1. The fraction of sp³-hybridized carbons (Fsp3) is 0.316. The molecule has 0 saturated carbocycles. The maximum absolute atomic E-state index is 12.5. The van der Waals surface area contributed by atoms with Crippen LogP contribution in [-0.2, 0) is 0 Å². The monoisotopic (exact) mass is 313 g/mol. The molecule has 1 unspecified atom stereocenters. The van der Waals surface area contributed by atoms with Crippen molar-refractivity contribution in [1.29, 1.82) is 0 Å². The van der Waals surface area contributed by atoms with Crippen molar-refractivity contribution in [3.8, 4) is 11.5 Å². The van der Waals surface area contributed by atoms with Crippen molar-refractivity contribution in [1.82, 2.24) is 5.32 Å². The second-order valence-electron chi connectivity index (χ2n) is 5.35. The van der Waals surface area contributed by atoms with Gasteiger partial charge in [-0.15, -0.1) is 0 Å². The second kappa shape index (κ2) is 7.68. The Morgan fingerprint density at radius 3 is 2.57 bits per heavy atom. The summed E-state index contributed by atoms with van der Waals surface area (Å²) in [7, 11) is 1.63. The summed E-state index contributed by atoms with van der Waals surface area (Å²) < 4.78 is 10.9. The highest BCUT2D eigenvalue weighted by Gasteiger charge is 2.15. The number of para-hydroxylation sites is 1. The van der Waals surface area contributed by atoms with Crippen LogP contribution in [0.15, 0.2) is 42.5 Å². The predicted molar refractivity (Wildman–Crippen MR) is 91.2 cm³/mol. The fourth-order valence-electron chi connectivity index (χ4n) is 2.49. The van der Waals surface area contributed by atoms with E-state index < -0.39 is 0 Å². The van der Waals surface area contributed by atoms with Gasteiger partial charge in [0.15, 0.2) is 0 Å². The Labute approximate surface area is 137 Å². The lowest BCUT2D eigenvalue weighted by Gasteiger charge is -2.17. The van der Waals surface area contributed by atoms with Gasteiger partial charge in [0.25, 0.3) is 5.91 Å². The number of ether oxygens (including phenoxy) is 2. The molecule has 1 amide bonds. The first-order valence-electron chi connectivity index (χ1n) is 7.74. The highest BCUT2D eigenvalue weighted by Crippen LogP contribution is 2.25. The van der Waals surface area contributed by atoms with E-state index in [1.54, 1.807) is 13.2 Å². The minimum atomic E-state index is -0.148. The molecule has 122 valence electrons. The van der Waals surface area contributed by atoms with Crippen LogP contribution in [0.2, 0.25) is 0 Å². The van der Waals surface area contributed by atoms with Gasteiger partial charge in [-0.3, -0.25) is 4.79 Å². The van der Waals surface area contributed by atoms with E-state index in [9.17, 15) is 4.79 Å². The van der Waals surface area contributed by atoms with E-state index >= 15 is 0 Å². The lowest BCUT2D eigenvalue weighted by Crippen LogP contribution is -2.27. The summed E-state index contributed by atoms with van der Waals surface area (Å²) in [4.78, 5) is 12.5. The normalized spacial score (nSPS) is 11.7. The number of amides is 1. The molecule has 0 saturated heterocycles. The van der Waals surface area contributed by atoms with Gasteiger partial charge >= 0.3 is 0 Å². The number of hydrogen-bond acceptors (Lipinski definition) is 3. The van der Waals surface area contributed by atoms with Crippen molar-refractivity contribution in [2.75, 3.05) is 13.7 Å². The van der Waals surface area contributed by atoms with Gasteiger partial charge in [0.1, 0.15) is 11.5 Å². The van der Waals surface area contributed by atoms with E-state index in [1.807, 2.05) is 57.2 Å². The van der Waals surface area contributed by atoms with Crippen LogP contribution in [-0.4, -0.2) is 19.6 Å². The summed E-state index contributed by atoms with van der Waals surface area (Å²) in [5.41, 5.74) is 2.52. The van der Waals surface area contributed by atoms with Crippen LogP contribution in [0.1, 0.15) is 41.4 Å². The van der Waals surface area contributed by atoms with Crippen molar-refractivity contribution in [2.45, 2.75) is 26.8 Å². The third-order valence-electron chi connectivity index (χ3n) is 3.69. The van der Waals surface area contributed by atoms with Gasteiger partial charge < -0.3 is 14.8 Å². The molecular weight excluding hydrogens is 290 g/mol. The van der Waals surface area contributed by atoms with E-state index in [0.717, 1.165) is 22.6 Å². The number of hydrogen-bond donors (Lipinski definition) is 1. The molecular formula is C19H23NO3. The van der Waals surface area contributed by atoms with E-state index in [2.05, 4.69) is 5.32 Å². The molecule has 0 aromatic heterocycles.